The van der Waals surface area contributed by atoms with E-state index in [1.54, 1.807) is 19.9 Å². The van der Waals surface area contributed by atoms with E-state index in [0.717, 1.165) is 17.3 Å². The van der Waals surface area contributed by atoms with Gasteiger partial charge in [0.25, 0.3) is 0 Å². The van der Waals surface area contributed by atoms with E-state index in [2.05, 4.69) is 15.3 Å². The van der Waals surface area contributed by atoms with Crippen molar-refractivity contribution in [2.45, 2.75) is 25.8 Å². The number of carbonyl (C=O) groups excluding carboxylic acids is 2. The molecule has 0 aliphatic heterocycles. The average molecular weight is 361 g/mol. The molecule has 2 aromatic rings. The lowest BCUT2D eigenvalue weighted by molar-refractivity contribution is -0.113. The molecule has 1 heterocycles. The summed E-state index contributed by atoms with van der Waals surface area (Å²) >= 11 is 1.02. The summed E-state index contributed by atoms with van der Waals surface area (Å²) < 4.78 is 4.99. The van der Waals surface area contributed by atoms with Gasteiger partial charge in [0, 0.05) is 11.4 Å². The van der Waals surface area contributed by atoms with Gasteiger partial charge in [0.1, 0.15) is 10.6 Å². The van der Waals surface area contributed by atoms with Crippen molar-refractivity contribution in [2.24, 2.45) is 0 Å². The van der Waals surface area contributed by atoms with E-state index < -0.39 is 11.7 Å². The fraction of sp³-hybridized carbons (Fsp3) is 0.294. The Morgan fingerprint density at radius 1 is 1.28 bits per heavy atom. The van der Waals surface area contributed by atoms with Crippen molar-refractivity contribution < 1.29 is 14.3 Å². The molecule has 25 heavy (non-hydrogen) atoms. The topological polar surface area (TPSA) is 101 Å². The highest BCUT2D eigenvalue weighted by Crippen LogP contribution is 2.22. The summed E-state index contributed by atoms with van der Waals surface area (Å²) in [6.45, 7) is 5.38. The van der Waals surface area contributed by atoms with Gasteiger partial charge in [-0.05, 0) is 32.4 Å². The number of amides is 1. The van der Waals surface area contributed by atoms with Gasteiger partial charge in [-0.25, -0.2) is 9.59 Å². The Balaban J connectivity index is 2.14. The Hall–Kier alpha value is -2.61. The highest BCUT2D eigenvalue weighted by Gasteiger charge is 2.20. The molecule has 1 aromatic heterocycles. The number of H-pyrrole nitrogens is 1. The zero-order valence-electron chi connectivity index (χ0n) is 14.2. The molecule has 0 bridgehead atoms. The predicted molar refractivity (Wildman–Crippen MR) is 96.1 cm³/mol. The summed E-state index contributed by atoms with van der Waals surface area (Å²) in [5.74, 6) is -0.823. The van der Waals surface area contributed by atoms with E-state index in [4.69, 9.17) is 4.74 Å². The van der Waals surface area contributed by atoms with E-state index in [9.17, 15) is 14.4 Å². The maximum absolute atomic E-state index is 12.2. The zero-order valence-corrected chi connectivity index (χ0v) is 15.0. The number of nitrogens with one attached hydrogen (secondary N) is 2. The number of nitrogens with zero attached hydrogens (tertiary/aromatic N) is 1. The molecule has 0 saturated carbocycles. The van der Waals surface area contributed by atoms with Gasteiger partial charge in [-0.3, -0.25) is 4.79 Å². The average Bonchev–Trinajstić information content (AvgIpc) is 2.54. The molecule has 1 aromatic carbocycles. The third-order valence-electron chi connectivity index (χ3n) is 3.33. The summed E-state index contributed by atoms with van der Waals surface area (Å²) in [4.78, 5) is 42.1. The van der Waals surface area contributed by atoms with Gasteiger partial charge >= 0.3 is 11.7 Å². The largest absolute Gasteiger partial charge is 0.462 e. The first kappa shape index (κ1) is 18.7. The second-order valence-corrected chi connectivity index (χ2v) is 6.18. The quantitative estimate of drug-likeness (QED) is 0.465. The van der Waals surface area contributed by atoms with E-state index in [1.807, 2.05) is 25.1 Å². The van der Waals surface area contributed by atoms with Gasteiger partial charge in [-0.1, -0.05) is 30.0 Å². The molecule has 2 rings (SSSR count). The van der Waals surface area contributed by atoms with Crippen molar-refractivity contribution in [3.05, 3.63) is 51.6 Å². The van der Waals surface area contributed by atoms with Crippen LogP contribution in [0, 0.1) is 13.8 Å². The van der Waals surface area contributed by atoms with Crippen LogP contribution in [0.3, 0.4) is 0 Å². The Morgan fingerprint density at radius 2 is 2.00 bits per heavy atom. The standard InChI is InChI=1S/C17H19N3O4S/c1-4-24-16(22)14-11(3)18-17(23)20-15(14)25-9-13(21)19-12-8-6-5-7-10(12)2/h5-8H,4,9H2,1-3H3,(H,19,21)(H,18,20,23). The minimum Gasteiger partial charge on any atom is -0.462 e. The third kappa shape index (κ3) is 4.93. The molecule has 7 nitrogen and oxygen atoms in total. The molecule has 0 atom stereocenters. The van der Waals surface area contributed by atoms with Gasteiger partial charge in [-0.15, -0.1) is 0 Å². The van der Waals surface area contributed by atoms with Crippen LogP contribution in [0.25, 0.3) is 0 Å². The van der Waals surface area contributed by atoms with Crippen molar-refractivity contribution in [1.82, 2.24) is 9.97 Å². The number of hydrogen-bond acceptors (Lipinski definition) is 6. The van der Waals surface area contributed by atoms with Crippen LogP contribution in [0.5, 0.6) is 0 Å². The Labute approximate surface area is 149 Å². The molecule has 8 heteroatoms. The van der Waals surface area contributed by atoms with Crippen LogP contribution in [0.1, 0.15) is 28.5 Å². The number of rotatable bonds is 6. The molecular weight excluding hydrogens is 342 g/mol. The Kier molecular flexibility index (Phi) is 6.35. The van der Waals surface area contributed by atoms with E-state index in [1.165, 1.54) is 0 Å². The van der Waals surface area contributed by atoms with Crippen molar-refractivity contribution in [3.8, 4) is 0 Å². The van der Waals surface area contributed by atoms with Crippen molar-refractivity contribution >= 4 is 29.3 Å². The van der Waals surface area contributed by atoms with Crippen molar-refractivity contribution in [3.63, 3.8) is 0 Å². The maximum Gasteiger partial charge on any atom is 0.346 e. The maximum atomic E-state index is 12.2. The third-order valence-corrected chi connectivity index (χ3v) is 4.30. The number of aromatic amines is 1. The number of anilines is 1. The predicted octanol–water partition coefficient (Wildman–Crippen LogP) is 2.29. The summed E-state index contributed by atoms with van der Waals surface area (Å²) in [6, 6.07) is 7.41. The van der Waals surface area contributed by atoms with Crippen LogP contribution in [0.2, 0.25) is 0 Å². The van der Waals surface area contributed by atoms with Crippen LogP contribution < -0.4 is 11.0 Å². The number of aromatic nitrogens is 2. The van der Waals surface area contributed by atoms with E-state index >= 15 is 0 Å². The Bertz CT molecular complexity index is 848. The van der Waals surface area contributed by atoms with Crippen LogP contribution >= 0.6 is 11.8 Å². The second kappa shape index (κ2) is 8.48. The van der Waals surface area contributed by atoms with Crippen LogP contribution in [-0.2, 0) is 9.53 Å². The molecular formula is C17H19N3O4S. The number of hydrogen-bond donors (Lipinski definition) is 2. The van der Waals surface area contributed by atoms with Gasteiger partial charge in [0.15, 0.2) is 0 Å². The number of aryl methyl sites for hydroxylation is 2. The zero-order chi connectivity index (χ0) is 18.4. The molecule has 0 fully saturated rings. The van der Waals surface area contributed by atoms with Gasteiger partial charge < -0.3 is 15.0 Å². The fourth-order valence-corrected chi connectivity index (χ4v) is 3.01. The lowest BCUT2D eigenvalue weighted by atomic mass is 10.2. The first-order chi connectivity index (χ1) is 11.9. The second-order valence-electron chi connectivity index (χ2n) is 5.22. The number of benzene rings is 1. The number of para-hydroxylation sites is 1. The SMILES string of the molecule is CCOC(=O)c1c(SCC(=O)Nc2ccccc2C)nc(=O)[nH]c1C. The molecule has 0 saturated heterocycles. The first-order valence-corrected chi connectivity index (χ1v) is 8.67. The van der Waals surface area contributed by atoms with Gasteiger partial charge in [0.05, 0.1) is 12.4 Å². The monoisotopic (exact) mass is 361 g/mol. The summed E-state index contributed by atoms with van der Waals surface area (Å²) in [6.07, 6.45) is 0. The molecule has 1 amide bonds. The molecule has 0 spiro atoms. The minimum atomic E-state index is -0.578. The molecule has 0 aliphatic rings. The highest BCUT2D eigenvalue weighted by atomic mass is 32.2. The lowest BCUT2D eigenvalue weighted by Crippen LogP contribution is -2.21. The molecule has 0 aliphatic carbocycles. The number of esters is 1. The number of ether oxygens (including phenoxy) is 1. The highest BCUT2D eigenvalue weighted by molar-refractivity contribution is 8.00. The fourth-order valence-electron chi connectivity index (χ4n) is 2.14. The molecule has 132 valence electrons. The van der Waals surface area contributed by atoms with Gasteiger partial charge in [-0.2, -0.15) is 4.98 Å². The van der Waals surface area contributed by atoms with Crippen molar-refractivity contribution in [2.75, 3.05) is 17.7 Å². The summed E-state index contributed by atoms with van der Waals surface area (Å²) in [5, 5.41) is 2.97. The lowest BCUT2D eigenvalue weighted by Gasteiger charge is -2.10. The first-order valence-electron chi connectivity index (χ1n) is 7.68. The van der Waals surface area contributed by atoms with Crippen LogP contribution in [0.4, 0.5) is 5.69 Å². The van der Waals surface area contributed by atoms with E-state index in [-0.39, 0.29) is 28.9 Å². The van der Waals surface area contributed by atoms with Gasteiger partial charge in [0.2, 0.25) is 5.91 Å². The van der Waals surface area contributed by atoms with Crippen LogP contribution in [0.15, 0.2) is 34.1 Å². The Morgan fingerprint density at radius 3 is 2.68 bits per heavy atom. The summed E-state index contributed by atoms with van der Waals surface area (Å²) in [5.41, 5.74) is 1.62. The molecule has 0 radical (unpaired) electrons. The summed E-state index contributed by atoms with van der Waals surface area (Å²) in [7, 11) is 0. The van der Waals surface area contributed by atoms with E-state index in [0.29, 0.717) is 11.4 Å². The minimum absolute atomic E-state index is 0.0105. The molecule has 0 unspecified atom stereocenters. The normalized spacial score (nSPS) is 10.4. The smallest absolute Gasteiger partial charge is 0.346 e. The number of carbonyl (C=O) groups is 2. The number of thioether (sulfide) groups is 1. The van der Waals surface area contributed by atoms with Crippen LogP contribution in [-0.4, -0.2) is 34.2 Å². The molecule has 2 N–H and O–H groups in total. The van der Waals surface area contributed by atoms with Crippen molar-refractivity contribution in [1.29, 1.82) is 0 Å².